The van der Waals surface area contributed by atoms with Crippen molar-refractivity contribution in [2.24, 2.45) is 0 Å². The van der Waals surface area contributed by atoms with Gasteiger partial charge in [0.2, 0.25) is 5.89 Å². The van der Waals surface area contributed by atoms with Gasteiger partial charge in [0.1, 0.15) is 0 Å². The highest BCUT2D eigenvalue weighted by atomic mass is 16.5. The summed E-state index contributed by atoms with van der Waals surface area (Å²) in [6.45, 7) is 3.50. The fourth-order valence-electron chi connectivity index (χ4n) is 1.60. The summed E-state index contributed by atoms with van der Waals surface area (Å²) in [7, 11) is 1.93. The highest BCUT2D eigenvalue weighted by molar-refractivity contribution is 5.08. The van der Waals surface area contributed by atoms with Gasteiger partial charge in [0.05, 0.1) is 6.54 Å². The van der Waals surface area contributed by atoms with E-state index in [-0.39, 0.29) is 0 Å². The molecule has 1 N–H and O–H groups in total. The van der Waals surface area contributed by atoms with Gasteiger partial charge in [0.15, 0.2) is 5.82 Å². The van der Waals surface area contributed by atoms with Crippen molar-refractivity contribution < 1.29 is 4.52 Å². The molecule has 0 aliphatic carbocycles. The maximum absolute atomic E-state index is 5.07. The lowest BCUT2D eigenvalue weighted by atomic mass is 10.4. The van der Waals surface area contributed by atoms with Crippen LogP contribution in [0, 0.1) is 0 Å². The molecular formula is C11H16N4O. The second kappa shape index (κ2) is 4.94. The van der Waals surface area contributed by atoms with E-state index in [4.69, 9.17) is 4.52 Å². The van der Waals surface area contributed by atoms with Crippen molar-refractivity contribution in [2.75, 3.05) is 7.05 Å². The molecule has 0 amide bonds. The molecule has 5 nitrogen and oxygen atoms in total. The minimum atomic E-state index is 0.660. The average Bonchev–Trinajstić information content (AvgIpc) is 2.90. The van der Waals surface area contributed by atoms with E-state index in [0.29, 0.717) is 12.4 Å². The second-order valence-electron chi connectivity index (χ2n) is 3.62. The van der Waals surface area contributed by atoms with Crippen molar-refractivity contribution in [3.05, 3.63) is 35.7 Å². The van der Waals surface area contributed by atoms with Crippen LogP contribution in [0.15, 0.2) is 22.9 Å². The van der Waals surface area contributed by atoms with E-state index < -0.39 is 0 Å². The highest BCUT2D eigenvalue weighted by Crippen LogP contribution is 2.06. The molecule has 16 heavy (non-hydrogen) atoms. The SMILES string of the molecule is CCc1nc(Cn2cccc2CNC)no1. The minimum absolute atomic E-state index is 0.660. The first-order valence-electron chi connectivity index (χ1n) is 5.43. The van der Waals surface area contributed by atoms with Gasteiger partial charge in [-0.25, -0.2) is 0 Å². The van der Waals surface area contributed by atoms with Crippen molar-refractivity contribution in [1.29, 1.82) is 0 Å². The predicted molar refractivity (Wildman–Crippen MR) is 60.0 cm³/mol. The third kappa shape index (κ3) is 2.30. The lowest BCUT2D eigenvalue weighted by Gasteiger charge is -2.05. The maximum Gasteiger partial charge on any atom is 0.226 e. The zero-order valence-electron chi connectivity index (χ0n) is 9.60. The zero-order chi connectivity index (χ0) is 11.4. The van der Waals surface area contributed by atoms with Crippen LogP contribution in [0.5, 0.6) is 0 Å². The molecule has 0 unspecified atom stereocenters. The Morgan fingerprint density at radius 3 is 3.06 bits per heavy atom. The third-order valence-electron chi connectivity index (χ3n) is 2.41. The molecule has 0 spiro atoms. The van der Waals surface area contributed by atoms with Gasteiger partial charge in [0, 0.05) is 24.9 Å². The fourth-order valence-corrected chi connectivity index (χ4v) is 1.60. The molecule has 0 aliphatic rings. The first-order chi connectivity index (χ1) is 7.83. The first-order valence-corrected chi connectivity index (χ1v) is 5.43. The zero-order valence-corrected chi connectivity index (χ0v) is 9.60. The Kier molecular flexibility index (Phi) is 3.36. The molecule has 5 heteroatoms. The third-order valence-corrected chi connectivity index (χ3v) is 2.41. The number of nitrogens with one attached hydrogen (secondary N) is 1. The lowest BCUT2D eigenvalue weighted by molar-refractivity contribution is 0.375. The Morgan fingerprint density at radius 1 is 1.50 bits per heavy atom. The minimum Gasteiger partial charge on any atom is -0.342 e. The van der Waals surface area contributed by atoms with Crippen LogP contribution in [0.1, 0.15) is 24.3 Å². The normalized spacial score (nSPS) is 10.9. The topological polar surface area (TPSA) is 55.9 Å². The Morgan fingerprint density at radius 2 is 2.38 bits per heavy atom. The standard InChI is InChI=1S/C11H16N4O/c1-3-11-13-10(14-16-11)8-15-6-4-5-9(15)7-12-2/h4-6,12H,3,7-8H2,1-2H3. The van der Waals surface area contributed by atoms with Gasteiger partial charge in [0.25, 0.3) is 0 Å². The second-order valence-corrected chi connectivity index (χ2v) is 3.62. The maximum atomic E-state index is 5.07. The molecule has 2 rings (SSSR count). The first kappa shape index (κ1) is 10.9. The Hall–Kier alpha value is -1.62. The molecule has 2 heterocycles. The summed E-state index contributed by atoms with van der Waals surface area (Å²) >= 11 is 0. The van der Waals surface area contributed by atoms with Gasteiger partial charge >= 0.3 is 0 Å². The Bertz CT molecular complexity index is 446. The van der Waals surface area contributed by atoms with Crippen molar-refractivity contribution in [3.8, 4) is 0 Å². The van der Waals surface area contributed by atoms with Crippen LogP contribution in [-0.4, -0.2) is 21.8 Å². The number of hydrogen-bond donors (Lipinski definition) is 1. The molecule has 0 bridgehead atoms. The van der Waals surface area contributed by atoms with E-state index in [0.717, 1.165) is 18.8 Å². The van der Waals surface area contributed by atoms with Crippen molar-refractivity contribution in [2.45, 2.75) is 26.4 Å². The molecule has 0 saturated heterocycles. The molecule has 2 aromatic rings. The molecule has 0 saturated carbocycles. The molecular weight excluding hydrogens is 204 g/mol. The van der Waals surface area contributed by atoms with Gasteiger partial charge < -0.3 is 14.4 Å². The molecule has 0 aliphatic heterocycles. The number of aryl methyl sites for hydroxylation is 1. The van der Waals surface area contributed by atoms with E-state index in [1.54, 1.807) is 0 Å². The molecule has 0 radical (unpaired) electrons. The summed E-state index contributed by atoms with van der Waals surface area (Å²) < 4.78 is 7.18. The summed E-state index contributed by atoms with van der Waals surface area (Å²) in [6.07, 6.45) is 2.80. The quantitative estimate of drug-likeness (QED) is 0.822. The Labute approximate surface area is 94.5 Å². The lowest BCUT2D eigenvalue weighted by Crippen LogP contribution is -2.11. The summed E-state index contributed by atoms with van der Waals surface area (Å²) in [6, 6.07) is 4.10. The molecule has 2 aromatic heterocycles. The van der Waals surface area contributed by atoms with Crippen LogP contribution in [0.25, 0.3) is 0 Å². The van der Waals surface area contributed by atoms with Crippen molar-refractivity contribution in [1.82, 2.24) is 20.0 Å². The van der Waals surface area contributed by atoms with E-state index in [2.05, 4.69) is 26.1 Å². The van der Waals surface area contributed by atoms with Gasteiger partial charge in [-0.1, -0.05) is 12.1 Å². The summed E-state index contributed by atoms with van der Waals surface area (Å²) in [5, 5.41) is 7.06. The van der Waals surface area contributed by atoms with E-state index in [1.807, 2.05) is 26.2 Å². The molecule has 86 valence electrons. The van der Waals surface area contributed by atoms with E-state index >= 15 is 0 Å². The van der Waals surface area contributed by atoms with Crippen LogP contribution in [0.3, 0.4) is 0 Å². The fraction of sp³-hybridized carbons (Fsp3) is 0.455. The average molecular weight is 220 g/mol. The highest BCUT2D eigenvalue weighted by Gasteiger charge is 2.06. The van der Waals surface area contributed by atoms with Crippen LogP contribution in [-0.2, 0) is 19.5 Å². The summed E-state index contributed by atoms with van der Waals surface area (Å²) in [4.78, 5) is 4.29. The van der Waals surface area contributed by atoms with Crippen LogP contribution in [0.2, 0.25) is 0 Å². The van der Waals surface area contributed by atoms with Crippen molar-refractivity contribution in [3.63, 3.8) is 0 Å². The monoisotopic (exact) mass is 220 g/mol. The largest absolute Gasteiger partial charge is 0.342 e. The van der Waals surface area contributed by atoms with Gasteiger partial charge in [-0.2, -0.15) is 4.98 Å². The van der Waals surface area contributed by atoms with Crippen LogP contribution in [0.4, 0.5) is 0 Å². The molecule has 0 fully saturated rings. The van der Waals surface area contributed by atoms with E-state index in [9.17, 15) is 0 Å². The van der Waals surface area contributed by atoms with Gasteiger partial charge in [-0.05, 0) is 19.2 Å². The van der Waals surface area contributed by atoms with Crippen LogP contribution < -0.4 is 5.32 Å². The molecule has 0 atom stereocenters. The number of nitrogens with zero attached hydrogens (tertiary/aromatic N) is 3. The van der Waals surface area contributed by atoms with Gasteiger partial charge in [-0.3, -0.25) is 0 Å². The number of hydrogen-bond acceptors (Lipinski definition) is 4. The number of aromatic nitrogens is 3. The Balaban J connectivity index is 2.10. The number of rotatable bonds is 5. The van der Waals surface area contributed by atoms with Crippen molar-refractivity contribution >= 4 is 0 Å². The van der Waals surface area contributed by atoms with Gasteiger partial charge in [-0.15, -0.1) is 0 Å². The summed E-state index contributed by atoms with van der Waals surface area (Å²) in [5.74, 6) is 1.42. The molecule has 0 aromatic carbocycles. The van der Waals surface area contributed by atoms with Crippen LogP contribution >= 0.6 is 0 Å². The predicted octanol–water partition coefficient (Wildman–Crippen LogP) is 1.20. The summed E-state index contributed by atoms with van der Waals surface area (Å²) in [5.41, 5.74) is 1.21. The smallest absolute Gasteiger partial charge is 0.226 e. The van der Waals surface area contributed by atoms with E-state index in [1.165, 1.54) is 5.69 Å².